The minimum atomic E-state index is -0.00268. The maximum absolute atomic E-state index is 11.9. The molecule has 0 bridgehead atoms. The van der Waals surface area contributed by atoms with E-state index in [1.54, 1.807) is 6.20 Å². The van der Waals surface area contributed by atoms with Crippen molar-refractivity contribution in [1.82, 2.24) is 9.78 Å². The number of rotatable bonds is 7. The van der Waals surface area contributed by atoms with Gasteiger partial charge in [-0.3, -0.25) is 4.79 Å². The lowest BCUT2D eigenvalue weighted by atomic mass is 10.3. The second-order valence-corrected chi connectivity index (χ2v) is 5.49. The van der Waals surface area contributed by atoms with Crippen LogP contribution in [0.1, 0.15) is 19.8 Å². The first-order valence-corrected chi connectivity index (χ1v) is 7.77. The van der Waals surface area contributed by atoms with Gasteiger partial charge in [0.05, 0.1) is 11.9 Å². The van der Waals surface area contributed by atoms with E-state index in [9.17, 15) is 4.79 Å². The molecule has 0 saturated carbocycles. The molecule has 0 radical (unpaired) electrons. The molecular weight excluding hydrogens is 270 g/mol. The minimum Gasteiger partial charge on any atom is -0.310 e. The summed E-state index contributed by atoms with van der Waals surface area (Å²) in [6.45, 7) is 2.98. The van der Waals surface area contributed by atoms with E-state index in [0.717, 1.165) is 30.1 Å². The van der Waals surface area contributed by atoms with Gasteiger partial charge in [0.1, 0.15) is 5.82 Å². The maximum atomic E-state index is 11.9. The fraction of sp³-hybridized carbons (Fsp3) is 0.333. The number of nitrogens with zero attached hydrogens (tertiary/aromatic N) is 2. The van der Waals surface area contributed by atoms with E-state index >= 15 is 0 Å². The summed E-state index contributed by atoms with van der Waals surface area (Å²) in [4.78, 5) is 13.0. The number of aromatic nitrogens is 2. The van der Waals surface area contributed by atoms with Gasteiger partial charge in [0.25, 0.3) is 0 Å². The van der Waals surface area contributed by atoms with Gasteiger partial charge in [0, 0.05) is 17.5 Å². The first kappa shape index (κ1) is 14.7. The molecular formula is C15H19N3OS. The number of thioether (sulfide) groups is 1. The zero-order valence-corrected chi connectivity index (χ0v) is 12.4. The number of unbranched alkanes of at least 4 members (excludes halogenated alkanes) is 1. The summed E-state index contributed by atoms with van der Waals surface area (Å²) in [5.41, 5.74) is 0. The Morgan fingerprint density at radius 2 is 2.10 bits per heavy atom. The molecule has 1 N–H and O–H groups in total. The van der Waals surface area contributed by atoms with E-state index in [1.165, 1.54) is 11.8 Å². The highest BCUT2D eigenvalue weighted by Crippen LogP contribution is 2.17. The number of hydrogen-bond acceptors (Lipinski definition) is 3. The van der Waals surface area contributed by atoms with Crippen molar-refractivity contribution in [3.05, 3.63) is 42.6 Å². The molecule has 0 fully saturated rings. The summed E-state index contributed by atoms with van der Waals surface area (Å²) in [5.74, 6) is 1.18. The topological polar surface area (TPSA) is 46.9 Å². The quantitative estimate of drug-likeness (QED) is 0.795. The van der Waals surface area contributed by atoms with Crippen molar-refractivity contribution in [3.63, 3.8) is 0 Å². The van der Waals surface area contributed by atoms with Crippen molar-refractivity contribution >= 4 is 23.5 Å². The summed E-state index contributed by atoms with van der Waals surface area (Å²) >= 11 is 1.53. The van der Waals surface area contributed by atoms with Crippen LogP contribution < -0.4 is 5.32 Å². The van der Waals surface area contributed by atoms with E-state index in [0.29, 0.717) is 5.75 Å². The molecule has 2 rings (SSSR count). The molecule has 1 amide bonds. The van der Waals surface area contributed by atoms with Crippen molar-refractivity contribution < 1.29 is 4.79 Å². The maximum Gasteiger partial charge on any atom is 0.235 e. The van der Waals surface area contributed by atoms with Gasteiger partial charge in [0.15, 0.2) is 0 Å². The molecule has 5 heteroatoms. The number of benzene rings is 1. The summed E-state index contributed by atoms with van der Waals surface area (Å²) in [7, 11) is 0. The summed E-state index contributed by atoms with van der Waals surface area (Å²) in [5, 5.41) is 7.13. The van der Waals surface area contributed by atoms with Crippen molar-refractivity contribution in [2.24, 2.45) is 0 Å². The molecule has 0 spiro atoms. The third-order valence-corrected chi connectivity index (χ3v) is 3.83. The fourth-order valence-corrected chi connectivity index (χ4v) is 2.49. The molecule has 0 unspecified atom stereocenters. The van der Waals surface area contributed by atoms with Crippen molar-refractivity contribution in [2.45, 2.75) is 31.2 Å². The lowest BCUT2D eigenvalue weighted by Gasteiger charge is -2.08. The van der Waals surface area contributed by atoms with Gasteiger partial charge in [-0.25, -0.2) is 4.68 Å². The van der Waals surface area contributed by atoms with Gasteiger partial charge in [-0.2, -0.15) is 5.10 Å². The molecule has 0 aliphatic carbocycles. The summed E-state index contributed by atoms with van der Waals surface area (Å²) < 4.78 is 1.84. The SMILES string of the molecule is CCCCn1nccc1NC(=O)CSc1ccccc1. The van der Waals surface area contributed by atoms with Crippen molar-refractivity contribution in [3.8, 4) is 0 Å². The number of nitrogens with one attached hydrogen (secondary N) is 1. The van der Waals surface area contributed by atoms with Crippen molar-refractivity contribution in [1.29, 1.82) is 0 Å². The Balaban J connectivity index is 1.84. The van der Waals surface area contributed by atoms with Gasteiger partial charge in [-0.05, 0) is 18.6 Å². The molecule has 1 aromatic carbocycles. The number of carbonyl (C=O) groups is 1. The molecule has 1 heterocycles. The minimum absolute atomic E-state index is 0.00268. The molecule has 0 saturated heterocycles. The van der Waals surface area contributed by atoms with Crippen LogP contribution >= 0.6 is 11.8 Å². The predicted octanol–water partition coefficient (Wildman–Crippen LogP) is 3.41. The van der Waals surface area contributed by atoms with Crippen LogP contribution in [-0.2, 0) is 11.3 Å². The Morgan fingerprint density at radius 3 is 2.85 bits per heavy atom. The van der Waals surface area contributed by atoms with E-state index in [2.05, 4.69) is 17.3 Å². The predicted molar refractivity (Wildman–Crippen MR) is 82.9 cm³/mol. The summed E-state index contributed by atoms with van der Waals surface area (Å²) in [6, 6.07) is 11.8. The Hall–Kier alpha value is -1.75. The lowest BCUT2D eigenvalue weighted by Crippen LogP contribution is -2.17. The molecule has 0 aliphatic rings. The Bertz CT molecular complexity index is 539. The molecule has 2 aromatic rings. The van der Waals surface area contributed by atoms with E-state index < -0.39 is 0 Å². The molecule has 20 heavy (non-hydrogen) atoms. The van der Waals surface area contributed by atoms with E-state index in [4.69, 9.17) is 0 Å². The number of amides is 1. The zero-order chi connectivity index (χ0) is 14.2. The second kappa shape index (κ2) is 7.75. The first-order chi connectivity index (χ1) is 9.79. The van der Waals surface area contributed by atoms with Gasteiger partial charge in [-0.1, -0.05) is 31.5 Å². The molecule has 1 aromatic heterocycles. The van der Waals surface area contributed by atoms with Crippen LogP contribution in [0.2, 0.25) is 0 Å². The first-order valence-electron chi connectivity index (χ1n) is 6.79. The highest BCUT2D eigenvalue weighted by molar-refractivity contribution is 8.00. The van der Waals surface area contributed by atoms with Crippen molar-refractivity contribution in [2.75, 3.05) is 11.1 Å². The van der Waals surface area contributed by atoms with Crippen LogP contribution in [0.25, 0.3) is 0 Å². The normalized spacial score (nSPS) is 10.4. The van der Waals surface area contributed by atoms with Gasteiger partial charge in [0.2, 0.25) is 5.91 Å². The fourth-order valence-electron chi connectivity index (χ4n) is 1.77. The number of aryl methyl sites for hydroxylation is 1. The van der Waals surface area contributed by atoms with Crippen LogP contribution in [0.3, 0.4) is 0 Å². The Labute approximate surface area is 123 Å². The highest BCUT2D eigenvalue weighted by Gasteiger charge is 2.07. The smallest absolute Gasteiger partial charge is 0.235 e. The van der Waals surface area contributed by atoms with Crippen LogP contribution in [0, 0.1) is 0 Å². The molecule has 0 atom stereocenters. The molecule has 0 aliphatic heterocycles. The molecule has 4 nitrogen and oxygen atoms in total. The van der Waals surface area contributed by atoms with Gasteiger partial charge in [-0.15, -0.1) is 11.8 Å². The third kappa shape index (κ3) is 4.42. The monoisotopic (exact) mass is 289 g/mol. The van der Waals surface area contributed by atoms with E-state index in [-0.39, 0.29) is 5.91 Å². The lowest BCUT2D eigenvalue weighted by molar-refractivity contribution is -0.113. The Morgan fingerprint density at radius 1 is 1.30 bits per heavy atom. The van der Waals surface area contributed by atoms with Crippen LogP contribution in [0.15, 0.2) is 47.5 Å². The number of hydrogen-bond donors (Lipinski definition) is 1. The third-order valence-electron chi connectivity index (χ3n) is 2.82. The van der Waals surface area contributed by atoms with Crippen LogP contribution in [0.4, 0.5) is 5.82 Å². The van der Waals surface area contributed by atoms with Gasteiger partial charge >= 0.3 is 0 Å². The number of anilines is 1. The second-order valence-electron chi connectivity index (χ2n) is 4.44. The average molecular weight is 289 g/mol. The standard InChI is InChI=1S/C15H19N3OS/c1-2-3-11-18-14(9-10-16-18)17-15(19)12-20-13-7-5-4-6-8-13/h4-10H,2-3,11-12H2,1H3,(H,17,19). The summed E-state index contributed by atoms with van der Waals surface area (Å²) in [6.07, 6.45) is 3.88. The average Bonchev–Trinajstić information content (AvgIpc) is 2.91. The highest BCUT2D eigenvalue weighted by atomic mass is 32.2. The molecule has 106 valence electrons. The largest absolute Gasteiger partial charge is 0.310 e. The van der Waals surface area contributed by atoms with E-state index in [1.807, 2.05) is 41.1 Å². The van der Waals surface area contributed by atoms with Crippen LogP contribution in [0.5, 0.6) is 0 Å². The Kier molecular flexibility index (Phi) is 5.68. The van der Waals surface area contributed by atoms with Gasteiger partial charge < -0.3 is 5.32 Å². The number of carbonyl (C=O) groups excluding carboxylic acids is 1. The van der Waals surface area contributed by atoms with Crippen LogP contribution in [-0.4, -0.2) is 21.4 Å². The zero-order valence-electron chi connectivity index (χ0n) is 11.6.